The fraction of sp³-hybridized carbons (Fsp3) is 0.700. The number of carbonyl (C=O) groups is 1. The second kappa shape index (κ2) is 7.80. The summed E-state index contributed by atoms with van der Waals surface area (Å²) in [6, 6.07) is 0. The minimum absolute atomic E-state index is 0.111. The highest BCUT2D eigenvalue weighted by molar-refractivity contribution is 5.69. The molecule has 1 N–H and O–H groups in total. The largest absolute Gasteiger partial charge is 0.464 e. The van der Waals surface area contributed by atoms with Gasteiger partial charge in [-0.25, -0.2) is 0 Å². The summed E-state index contributed by atoms with van der Waals surface area (Å²) in [5, 5.41) is 3.11. The molecule has 0 heterocycles. The van der Waals surface area contributed by atoms with E-state index in [9.17, 15) is 4.79 Å². The van der Waals surface area contributed by atoms with Gasteiger partial charge in [0.05, 0.1) is 0 Å². The van der Waals surface area contributed by atoms with E-state index in [0.29, 0.717) is 19.6 Å². The first-order chi connectivity index (χ1) is 6.16. The standard InChI is InChI=1S/C10H19NO2/c1-4-5-10(12)13-7-6-11-8-9(2)3/h11H,2,4-8H2,1,3H3. The highest BCUT2D eigenvalue weighted by atomic mass is 16.5. The minimum Gasteiger partial charge on any atom is -0.464 e. The molecule has 0 unspecified atom stereocenters. The molecule has 0 aliphatic rings. The third-order valence-electron chi connectivity index (χ3n) is 1.42. The Morgan fingerprint density at radius 3 is 2.77 bits per heavy atom. The predicted molar refractivity (Wildman–Crippen MR) is 53.6 cm³/mol. The number of rotatable bonds is 7. The monoisotopic (exact) mass is 185 g/mol. The molecule has 3 heteroatoms. The maximum absolute atomic E-state index is 10.9. The third kappa shape index (κ3) is 9.08. The van der Waals surface area contributed by atoms with Crippen molar-refractivity contribution in [3.8, 4) is 0 Å². The molecule has 13 heavy (non-hydrogen) atoms. The summed E-state index contributed by atoms with van der Waals surface area (Å²) in [6.07, 6.45) is 1.36. The van der Waals surface area contributed by atoms with Crippen molar-refractivity contribution in [2.24, 2.45) is 0 Å². The molecule has 76 valence electrons. The Bertz CT molecular complexity index is 166. The van der Waals surface area contributed by atoms with Gasteiger partial charge in [0.25, 0.3) is 0 Å². The highest BCUT2D eigenvalue weighted by Crippen LogP contribution is 1.90. The van der Waals surface area contributed by atoms with Gasteiger partial charge in [-0.15, -0.1) is 0 Å². The molecule has 0 saturated heterocycles. The molecule has 0 radical (unpaired) electrons. The van der Waals surface area contributed by atoms with Crippen LogP contribution in [0.2, 0.25) is 0 Å². The van der Waals surface area contributed by atoms with Crippen molar-refractivity contribution >= 4 is 5.97 Å². The lowest BCUT2D eigenvalue weighted by Gasteiger charge is -2.05. The Morgan fingerprint density at radius 2 is 2.23 bits per heavy atom. The normalized spacial score (nSPS) is 9.69. The van der Waals surface area contributed by atoms with Crippen LogP contribution in [-0.4, -0.2) is 25.7 Å². The zero-order valence-electron chi connectivity index (χ0n) is 8.56. The Kier molecular flexibility index (Phi) is 7.30. The van der Waals surface area contributed by atoms with Crippen molar-refractivity contribution in [1.82, 2.24) is 5.32 Å². The number of carbonyl (C=O) groups excluding carboxylic acids is 1. The van der Waals surface area contributed by atoms with E-state index in [1.54, 1.807) is 0 Å². The Hall–Kier alpha value is -0.830. The minimum atomic E-state index is -0.111. The smallest absolute Gasteiger partial charge is 0.305 e. The van der Waals surface area contributed by atoms with Crippen molar-refractivity contribution in [2.45, 2.75) is 26.7 Å². The number of nitrogens with one attached hydrogen (secondary N) is 1. The number of hydrogen-bond donors (Lipinski definition) is 1. The summed E-state index contributed by atoms with van der Waals surface area (Å²) in [4.78, 5) is 10.9. The third-order valence-corrected chi connectivity index (χ3v) is 1.42. The van der Waals surface area contributed by atoms with Crippen molar-refractivity contribution in [3.05, 3.63) is 12.2 Å². The van der Waals surface area contributed by atoms with Crippen LogP contribution in [0.1, 0.15) is 26.7 Å². The van der Waals surface area contributed by atoms with E-state index in [1.807, 2.05) is 13.8 Å². The van der Waals surface area contributed by atoms with Gasteiger partial charge in [0.2, 0.25) is 0 Å². The summed E-state index contributed by atoms with van der Waals surface area (Å²) in [7, 11) is 0. The van der Waals surface area contributed by atoms with Gasteiger partial charge in [0.15, 0.2) is 0 Å². The first-order valence-corrected chi connectivity index (χ1v) is 4.67. The highest BCUT2D eigenvalue weighted by Gasteiger charge is 1.98. The van der Waals surface area contributed by atoms with Crippen LogP contribution in [-0.2, 0) is 9.53 Å². The summed E-state index contributed by atoms with van der Waals surface area (Å²) in [5.41, 5.74) is 1.08. The lowest BCUT2D eigenvalue weighted by molar-refractivity contribution is -0.143. The molecular weight excluding hydrogens is 166 g/mol. The molecule has 0 saturated carbocycles. The molecule has 0 rings (SSSR count). The maximum Gasteiger partial charge on any atom is 0.305 e. The van der Waals surface area contributed by atoms with Gasteiger partial charge in [-0.05, 0) is 13.3 Å². The van der Waals surface area contributed by atoms with Gasteiger partial charge >= 0.3 is 5.97 Å². The fourth-order valence-corrected chi connectivity index (χ4v) is 0.815. The quantitative estimate of drug-likeness (QED) is 0.371. The van der Waals surface area contributed by atoms with Crippen LogP contribution in [0.4, 0.5) is 0 Å². The zero-order chi connectivity index (χ0) is 10.1. The average Bonchev–Trinajstić information content (AvgIpc) is 2.03. The Balaban J connectivity index is 3.16. The molecule has 0 aliphatic heterocycles. The molecule has 0 spiro atoms. The predicted octanol–water partition coefficient (Wildman–Crippen LogP) is 1.50. The number of ether oxygens (including phenoxy) is 1. The van der Waals surface area contributed by atoms with Crippen molar-refractivity contribution in [1.29, 1.82) is 0 Å². The molecule has 0 aliphatic carbocycles. The van der Waals surface area contributed by atoms with E-state index in [-0.39, 0.29) is 5.97 Å². The van der Waals surface area contributed by atoms with Crippen molar-refractivity contribution < 1.29 is 9.53 Å². The summed E-state index contributed by atoms with van der Waals surface area (Å²) >= 11 is 0. The summed E-state index contributed by atoms with van der Waals surface area (Å²) < 4.78 is 4.93. The second-order valence-electron chi connectivity index (χ2n) is 3.10. The van der Waals surface area contributed by atoms with Gasteiger partial charge in [-0.1, -0.05) is 19.1 Å². The SMILES string of the molecule is C=C(C)CNCCOC(=O)CCC. The van der Waals surface area contributed by atoms with Crippen LogP contribution >= 0.6 is 0 Å². The lowest BCUT2D eigenvalue weighted by atomic mass is 10.3. The molecule has 0 aromatic rings. The van der Waals surface area contributed by atoms with Crippen LogP contribution in [0, 0.1) is 0 Å². The molecule has 0 aromatic heterocycles. The Labute approximate surface area is 80.2 Å². The van der Waals surface area contributed by atoms with E-state index >= 15 is 0 Å². The maximum atomic E-state index is 10.9. The van der Waals surface area contributed by atoms with E-state index in [2.05, 4.69) is 11.9 Å². The number of esters is 1. The molecular formula is C10H19NO2. The molecule has 3 nitrogen and oxygen atoms in total. The van der Waals surface area contributed by atoms with Crippen molar-refractivity contribution in [2.75, 3.05) is 19.7 Å². The fourth-order valence-electron chi connectivity index (χ4n) is 0.815. The van der Waals surface area contributed by atoms with Crippen LogP contribution in [0.5, 0.6) is 0 Å². The average molecular weight is 185 g/mol. The van der Waals surface area contributed by atoms with Gasteiger partial charge < -0.3 is 10.1 Å². The molecule has 0 aromatic carbocycles. The van der Waals surface area contributed by atoms with Gasteiger partial charge in [-0.3, -0.25) is 4.79 Å². The lowest BCUT2D eigenvalue weighted by Crippen LogP contribution is -2.22. The van der Waals surface area contributed by atoms with Crippen LogP contribution in [0.15, 0.2) is 12.2 Å². The van der Waals surface area contributed by atoms with E-state index in [4.69, 9.17) is 4.74 Å². The summed E-state index contributed by atoms with van der Waals surface area (Å²) in [6.45, 7) is 9.59. The first kappa shape index (κ1) is 12.2. The Morgan fingerprint density at radius 1 is 1.54 bits per heavy atom. The van der Waals surface area contributed by atoms with Crippen molar-refractivity contribution in [3.63, 3.8) is 0 Å². The van der Waals surface area contributed by atoms with Crippen LogP contribution in [0.25, 0.3) is 0 Å². The summed E-state index contributed by atoms with van der Waals surface area (Å²) in [5.74, 6) is -0.111. The van der Waals surface area contributed by atoms with Crippen LogP contribution in [0.3, 0.4) is 0 Å². The van der Waals surface area contributed by atoms with Gasteiger partial charge in [0, 0.05) is 19.5 Å². The molecule has 0 amide bonds. The molecule has 0 fully saturated rings. The zero-order valence-corrected chi connectivity index (χ0v) is 8.56. The first-order valence-electron chi connectivity index (χ1n) is 4.67. The topological polar surface area (TPSA) is 38.3 Å². The molecule has 0 atom stereocenters. The number of hydrogen-bond acceptors (Lipinski definition) is 3. The molecule has 0 bridgehead atoms. The second-order valence-corrected chi connectivity index (χ2v) is 3.10. The van der Waals surface area contributed by atoms with Gasteiger partial charge in [0.1, 0.15) is 6.61 Å². The van der Waals surface area contributed by atoms with E-state index < -0.39 is 0 Å². The van der Waals surface area contributed by atoms with Crippen LogP contribution < -0.4 is 5.32 Å². The van der Waals surface area contributed by atoms with Gasteiger partial charge in [-0.2, -0.15) is 0 Å². The van der Waals surface area contributed by atoms with E-state index in [0.717, 1.165) is 18.5 Å². The van der Waals surface area contributed by atoms with E-state index in [1.165, 1.54) is 0 Å².